The summed E-state index contributed by atoms with van der Waals surface area (Å²) in [5.74, 6) is 0.434. The Hall–Kier alpha value is -2.53. The number of piperidine rings is 1. The molecule has 1 aliphatic carbocycles. The maximum Gasteiger partial charge on any atom is 0.243 e. The van der Waals surface area contributed by atoms with Crippen molar-refractivity contribution in [2.24, 2.45) is 11.8 Å². The maximum absolute atomic E-state index is 13.4. The van der Waals surface area contributed by atoms with Crippen molar-refractivity contribution < 1.29 is 17.9 Å². The number of methoxy groups -OCH3 is 1. The smallest absolute Gasteiger partial charge is 0.243 e. The minimum absolute atomic E-state index is 0.0322. The van der Waals surface area contributed by atoms with Gasteiger partial charge in [0.2, 0.25) is 15.9 Å². The number of nitrogens with one attached hydrogen (secondary N) is 1. The number of aromatic nitrogens is 4. The average Bonchev–Trinajstić information content (AvgIpc) is 3.35. The van der Waals surface area contributed by atoms with E-state index in [1.165, 1.54) is 41.0 Å². The van der Waals surface area contributed by atoms with Crippen LogP contribution in [0.1, 0.15) is 45.4 Å². The maximum atomic E-state index is 13.4. The topological polar surface area (TPSA) is 119 Å². The van der Waals surface area contributed by atoms with E-state index in [2.05, 4.69) is 27.8 Å². The second-order valence-electron chi connectivity index (χ2n) is 8.67. The molecule has 10 nitrogen and oxygen atoms in total. The van der Waals surface area contributed by atoms with Gasteiger partial charge in [0.25, 0.3) is 0 Å². The predicted molar refractivity (Wildman–Crippen MR) is 117 cm³/mol. The molecule has 32 heavy (non-hydrogen) atoms. The zero-order valence-corrected chi connectivity index (χ0v) is 19.3. The van der Waals surface area contributed by atoms with E-state index in [1.807, 2.05) is 0 Å². The van der Waals surface area contributed by atoms with Gasteiger partial charge in [-0.15, -0.1) is 5.10 Å². The van der Waals surface area contributed by atoms with Crippen molar-refractivity contribution >= 4 is 15.9 Å². The van der Waals surface area contributed by atoms with Crippen molar-refractivity contribution in [1.29, 1.82) is 0 Å². The molecule has 2 aromatic rings. The van der Waals surface area contributed by atoms with Crippen molar-refractivity contribution in [3.8, 4) is 11.4 Å². The first-order valence-electron chi connectivity index (χ1n) is 11.1. The Kier molecular flexibility index (Phi) is 6.75. The molecule has 1 saturated carbocycles. The van der Waals surface area contributed by atoms with Gasteiger partial charge in [-0.3, -0.25) is 4.79 Å². The van der Waals surface area contributed by atoms with Crippen LogP contribution in [-0.2, 0) is 14.8 Å². The highest BCUT2D eigenvalue weighted by molar-refractivity contribution is 7.89. The molecular formula is C21H30N6O4S. The van der Waals surface area contributed by atoms with Crippen molar-refractivity contribution in [1.82, 2.24) is 29.8 Å². The van der Waals surface area contributed by atoms with Gasteiger partial charge in [-0.1, -0.05) is 19.8 Å². The van der Waals surface area contributed by atoms with E-state index in [0.29, 0.717) is 36.7 Å². The predicted octanol–water partition coefficient (Wildman–Crippen LogP) is 1.77. The van der Waals surface area contributed by atoms with Gasteiger partial charge in [0.15, 0.2) is 0 Å². The summed E-state index contributed by atoms with van der Waals surface area (Å²) < 4.78 is 34.9. The number of carbonyl (C=O) groups is 1. The fourth-order valence-corrected chi connectivity index (χ4v) is 6.17. The molecule has 0 spiro atoms. The highest BCUT2D eigenvalue weighted by Crippen LogP contribution is 2.30. The third-order valence-corrected chi connectivity index (χ3v) is 8.44. The second kappa shape index (κ2) is 9.53. The van der Waals surface area contributed by atoms with Crippen molar-refractivity contribution in [3.63, 3.8) is 0 Å². The van der Waals surface area contributed by atoms with E-state index in [1.54, 1.807) is 6.07 Å². The standard InChI is InChI=1S/C21H30N6O4S/c1-15-6-3-4-8-18(15)23-21(28)16-7-5-11-26(13-16)32(29,30)17-9-10-19(20(12-17)31-2)27-14-22-24-25-27/h9-10,12,14-16,18H,3-8,11,13H2,1-2H3,(H,23,28). The van der Waals surface area contributed by atoms with Gasteiger partial charge in [-0.05, 0) is 54.2 Å². The van der Waals surface area contributed by atoms with Gasteiger partial charge in [0.05, 0.1) is 17.9 Å². The minimum atomic E-state index is -3.78. The van der Waals surface area contributed by atoms with E-state index < -0.39 is 10.0 Å². The lowest BCUT2D eigenvalue weighted by Crippen LogP contribution is -2.49. The molecule has 1 aromatic heterocycles. The molecule has 1 N–H and O–H groups in total. The van der Waals surface area contributed by atoms with Gasteiger partial charge in [-0.2, -0.15) is 8.99 Å². The second-order valence-corrected chi connectivity index (χ2v) is 10.6. The van der Waals surface area contributed by atoms with Gasteiger partial charge in [-0.25, -0.2) is 8.42 Å². The summed E-state index contributed by atoms with van der Waals surface area (Å²) >= 11 is 0. The number of hydrogen-bond acceptors (Lipinski definition) is 7. The molecule has 1 aliphatic heterocycles. The summed E-state index contributed by atoms with van der Waals surface area (Å²) in [4.78, 5) is 13.0. The van der Waals surface area contributed by atoms with Gasteiger partial charge in [0, 0.05) is 25.2 Å². The number of tetrazole rings is 1. The molecule has 1 aromatic carbocycles. The van der Waals surface area contributed by atoms with Gasteiger partial charge >= 0.3 is 0 Å². The lowest BCUT2D eigenvalue weighted by atomic mass is 9.85. The number of sulfonamides is 1. The largest absolute Gasteiger partial charge is 0.494 e. The molecule has 3 unspecified atom stereocenters. The Bertz CT molecular complexity index is 1040. The first-order chi connectivity index (χ1) is 15.4. The molecule has 3 atom stereocenters. The van der Waals surface area contributed by atoms with E-state index in [4.69, 9.17) is 4.74 Å². The molecule has 1 amide bonds. The van der Waals surface area contributed by atoms with Crippen LogP contribution < -0.4 is 10.1 Å². The van der Waals surface area contributed by atoms with E-state index in [0.717, 1.165) is 19.3 Å². The summed E-state index contributed by atoms with van der Waals surface area (Å²) in [5.41, 5.74) is 0.536. The Labute approximate surface area is 188 Å². The highest BCUT2D eigenvalue weighted by Gasteiger charge is 2.35. The first-order valence-corrected chi connectivity index (χ1v) is 12.6. The molecular weight excluding hydrogens is 432 g/mol. The average molecular weight is 463 g/mol. The fourth-order valence-electron chi connectivity index (χ4n) is 4.63. The van der Waals surface area contributed by atoms with Crippen LogP contribution in [0.5, 0.6) is 5.75 Å². The lowest BCUT2D eigenvalue weighted by molar-refractivity contribution is -0.127. The van der Waals surface area contributed by atoms with Crippen LogP contribution in [0.15, 0.2) is 29.4 Å². The molecule has 0 bridgehead atoms. The van der Waals surface area contributed by atoms with Crippen molar-refractivity contribution in [2.45, 2.75) is 56.4 Å². The van der Waals surface area contributed by atoms with E-state index in [-0.39, 0.29) is 29.3 Å². The highest BCUT2D eigenvalue weighted by atomic mass is 32.2. The molecule has 174 valence electrons. The fraction of sp³-hybridized carbons (Fsp3) is 0.619. The Morgan fingerprint density at radius 3 is 2.72 bits per heavy atom. The molecule has 0 radical (unpaired) electrons. The molecule has 2 fully saturated rings. The van der Waals surface area contributed by atoms with Crippen LogP contribution in [-0.4, -0.2) is 65.1 Å². The Morgan fingerprint density at radius 1 is 1.19 bits per heavy atom. The quantitative estimate of drug-likeness (QED) is 0.695. The third kappa shape index (κ3) is 4.63. The molecule has 2 heterocycles. The molecule has 11 heteroatoms. The number of ether oxygens (including phenoxy) is 1. The first kappa shape index (κ1) is 22.7. The summed E-state index contributed by atoms with van der Waals surface area (Å²) in [6.07, 6.45) is 7.21. The van der Waals surface area contributed by atoms with Crippen LogP contribution >= 0.6 is 0 Å². The molecule has 1 saturated heterocycles. The summed E-state index contributed by atoms with van der Waals surface area (Å²) in [6, 6.07) is 4.79. The van der Waals surface area contributed by atoms with Crippen molar-refractivity contribution in [3.05, 3.63) is 24.5 Å². The van der Waals surface area contributed by atoms with Gasteiger partial charge in [0.1, 0.15) is 17.8 Å². The van der Waals surface area contributed by atoms with Gasteiger partial charge < -0.3 is 10.1 Å². The molecule has 2 aliphatic rings. The number of hydrogen-bond donors (Lipinski definition) is 1. The molecule has 4 rings (SSSR count). The lowest BCUT2D eigenvalue weighted by Gasteiger charge is -2.34. The zero-order valence-electron chi connectivity index (χ0n) is 18.5. The van der Waals surface area contributed by atoms with Crippen LogP contribution in [0.2, 0.25) is 0 Å². The number of rotatable bonds is 6. The monoisotopic (exact) mass is 462 g/mol. The van der Waals surface area contributed by atoms with E-state index >= 15 is 0 Å². The Balaban J connectivity index is 1.49. The van der Waals surface area contributed by atoms with Crippen LogP contribution in [0.25, 0.3) is 5.69 Å². The summed E-state index contributed by atoms with van der Waals surface area (Å²) in [6.45, 7) is 2.75. The van der Waals surface area contributed by atoms with Crippen LogP contribution in [0, 0.1) is 11.8 Å². The number of amides is 1. The van der Waals surface area contributed by atoms with Crippen LogP contribution in [0.4, 0.5) is 0 Å². The summed E-state index contributed by atoms with van der Waals surface area (Å²) in [5, 5.41) is 14.2. The summed E-state index contributed by atoms with van der Waals surface area (Å²) in [7, 11) is -2.31. The number of benzene rings is 1. The number of nitrogens with zero attached hydrogens (tertiary/aromatic N) is 5. The number of carbonyl (C=O) groups excluding carboxylic acids is 1. The Morgan fingerprint density at radius 2 is 2.00 bits per heavy atom. The normalized spacial score (nSPS) is 24.8. The zero-order chi connectivity index (χ0) is 22.7. The van der Waals surface area contributed by atoms with Crippen molar-refractivity contribution in [2.75, 3.05) is 20.2 Å². The van der Waals surface area contributed by atoms with E-state index in [9.17, 15) is 13.2 Å². The van der Waals surface area contributed by atoms with Crippen LogP contribution in [0.3, 0.4) is 0 Å². The SMILES string of the molecule is COc1cc(S(=O)(=O)N2CCCC(C(=O)NC3CCCCC3C)C2)ccc1-n1cnnn1. The minimum Gasteiger partial charge on any atom is -0.494 e. The third-order valence-electron chi connectivity index (χ3n) is 6.58.